The summed E-state index contributed by atoms with van der Waals surface area (Å²) >= 11 is 0. The topological polar surface area (TPSA) is 188 Å². The first-order valence-corrected chi connectivity index (χ1v) is 7.33. The first-order valence-electron chi connectivity index (χ1n) is 7.33. The van der Waals surface area contributed by atoms with Gasteiger partial charge in [-0.1, -0.05) is 5.11 Å². The van der Waals surface area contributed by atoms with E-state index in [9.17, 15) is 19.2 Å². The molecule has 0 heterocycles. The summed E-state index contributed by atoms with van der Waals surface area (Å²) in [4.78, 5) is 46.8. The molecule has 0 aliphatic rings. The summed E-state index contributed by atoms with van der Waals surface area (Å²) < 4.78 is 10.2. The third-order valence-corrected chi connectivity index (χ3v) is 2.75. The number of carbonyl (C=O) groups is 4. The van der Waals surface area contributed by atoms with E-state index in [1.54, 1.807) is 0 Å². The van der Waals surface area contributed by atoms with Gasteiger partial charge in [0, 0.05) is 24.3 Å². The van der Waals surface area contributed by atoms with Crippen LogP contribution >= 0.6 is 0 Å². The number of ketones is 1. The lowest BCUT2D eigenvalue weighted by Crippen LogP contribution is -2.44. The van der Waals surface area contributed by atoms with Gasteiger partial charge in [-0.25, -0.2) is 4.79 Å². The SMILES string of the molecule is [N-]=[N+]=NCCOCCOCCC(=O)N[C@@H](CCC(=O)O)C(=O)C(=O)O. The molecular weight excluding hydrogens is 340 g/mol. The predicted molar refractivity (Wildman–Crippen MR) is 81.7 cm³/mol. The van der Waals surface area contributed by atoms with E-state index < -0.39 is 36.1 Å². The molecule has 25 heavy (non-hydrogen) atoms. The number of carbonyl (C=O) groups excluding carboxylic acids is 2. The van der Waals surface area contributed by atoms with Crippen molar-refractivity contribution in [3.63, 3.8) is 0 Å². The molecule has 0 saturated carbocycles. The first-order chi connectivity index (χ1) is 11.9. The summed E-state index contributed by atoms with van der Waals surface area (Å²) in [6.45, 7) is 0.893. The average molecular weight is 360 g/mol. The molecule has 0 bridgehead atoms. The molecule has 0 fully saturated rings. The molecule has 12 heteroatoms. The highest BCUT2D eigenvalue weighted by Crippen LogP contribution is 2.01. The van der Waals surface area contributed by atoms with Crippen molar-refractivity contribution in [3.8, 4) is 0 Å². The minimum atomic E-state index is -1.75. The second kappa shape index (κ2) is 13.7. The number of amides is 1. The Morgan fingerprint density at radius 3 is 2.24 bits per heavy atom. The number of nitrogens with one attached hydrogen (secondary N) is 1. The van der Waals surface area contributed by atoms with Crippen molar-refractivity contribution in [2.45, 2.75) is 25.3 Å². The van der Waals surface area contributed by atoms with Crippen LogP contribution in [0.2, 0.25) is 0 Å². The van der Waals surface area contributed by atoms with Crippen LogP contribution in [0.5, 0.6) is 0 Å². The molecule has 12 nitrogen and oxygen atoms in total. The third-order valence-electron chi connectivity index (χ3n) is 2.75. The second-order valence-electron chi connectivity index (χ2n) is 4.65. The summed E-state index contributed by atoms with van der Waals surface area (Å²) in [5.74, 6) is -4.86. The second-order valence-corrected chi connectivity index (χ2v) is 4.65. The lowest BCUT2D eigenvalue weighted by atomic mass is 10.1. The molecule has 0 rings (SSSR count). The zero-order chi connectivity index (χ0) is 19.1. The van der Waals surface area contributed by atoms with Gasteiger partial charge in [0.15, 0.2) is 0 Å². The maximum atomic E-state index is 11.7. The summed E-state index contributed by atoms with van der Waals surface area (Å²) in [5.41, 5.74) is 8.04. The van der Waals surface area contributed by atoms with E-state index in [4.69, 9.17) is 25.2 Å². The van der Waals surface area contributed by atoms with Gasteiger partial charge in [-0.05, 0) is 12.0 Å². The molecule has 1 atom stereocenters. The molecular formula is C13H20N4O8. The Bertz CT molecular complexity index is 518. The lowest BCUT2D eigenvalue weighted by Gasteiger charge is -2.14. The Morgan fingerprint density at radius 2 is 1.68 bits per heavy atom. The predicted octanol–water partition coefficient (Wildman–Crippen LogP) is -0.277. The van der Waals surface area contributed by atoms with Crippen LogP contribution in [0.25, 0.3) is 10.4 Å². The Balaban J connectivity index is 4.01. The fraction of sp³-hybridized carbons (Fsp3) is 0.692. The first kappa shape index (κ1) is 22.3. The summed E-state index contributed by atoms with van der Waals surface area (Å²) in [7, 11) is 0. The van der Waals surface area contributed by atoms with E-state index in [1.165, 1.54) is 0 Å². The number of nitrogens with zero attached hydrogens (tertiary/aromatic N) is 3. The van der Waals surface area contributed by atoms with Crippen LogP contribution in [0.15, 0.2) is 5.11 Å². The Hall–Kier alpha value is -2.69. The molecule has 0 aromatic heterocycles. The van der Waals surface area contributed by atoms with Gasteiger partial charge in [0.2, 0.25) is 5.91 Å². The number of aliphatic carboxylic acids is 2. The van der Waals surface area contributed by atoms with Gasteiger partial charge >= 0.3 is 11.9 Å². The number of Topliss-reactive ketones (excluding diaryl/α,β-unsaturated/α-hetero) is 1. The Morgan fingerprint density at radius 1 is 1.04 bits per heavy atom. The largest absolute Gasteiger partial charge is 0.481 e. The fourth-order valence-electron chi connectivity index (χ4n) is 1.59. The van der Waals surface area contributed by atoms with E-state index in [1.807, 2.05) is 0 Å². The third kappa shape index (κ3) is 12.4. The minimum Gasteiger partial charge on any atom is -0.481 e. The van der Waals surface area contributed by atoms with Gasteiger partial charge in [0.1, 0.15) is 0 Å². The number of ether oxygens (including phenoxy) is 2. The molecule has 1 amide bonds. The van der Waals surface area contributed by atoms with Crippen LogP contribution in [0.4, 0.5) is 0 Å². The van der Waals surface area contributed by atoms with Gasteiger partial charge in [-0.3, -0.25) is 14.4 Å². The normalized spacial score (nSPS) is 11.2. The molecule has 3 N–H and O–H groups in total. The quantitative estimate of drug-likeness (QED) is 0.117. The van der Waals surface area contributed by atoms with Crippen molar-refractivity contribution in [1.82, 2.24) is 5.32 Å². The summed E-state index contributed by atoms with van der Waals surface area (Å²) in [5, 5.41) is 22.7. The van der Waals surface area contributed by atoms with Gasteiger partial charge in [0.05, 0.1) is 32.5 Å². The highest BCUT2D eigenvalue weighted by Gasteiger charge is 2.26. The number of azide groups is 1. The molecule has 0 saturated heterocycles. The van der Waals surface area contributed by atoms with Crippen LogP contribution in [0.1, 0.15) is 19.3 Å². The summed E-state index contributed by atoms with van der Waals surface area (Å²) in [6, 6.07) is -1.40. The van der Waals surface area contributed by atoms with Gasteiger partial charge in [-0.15, -0.1) is 0 Å². The molecule has 0 aromatic carbocycles. The monoisotopic (exact) mass is 360 g/mol. The minimum absolute atomic E-state index is 0.0124. The van der Waals surface area contributed by atoms with Crippen LogP contribution in [-0.2, 0) is 28.7 Å². The number of carboxylic acid groups (broad SMARTS) is 2. The molecule has 0 radical (unpaired) electrons. The lowest BCUT2D eigenvalue weighted by molar-refractivity contribution is -0.151. The Kier molecular flexibility index (Phi) is 12.2. The number of rotatable bonds is 15. The molecule has 0 unspecified atom stereocenters. The van der Waals surface area contributed by atoms with Crippen molar-refractivity contribution in [2.75, 3.05) is 33.0 Å². The van der Waals surface area contributed by atoms with Gasteiger partial charge < -0.3 is 25.0 Å². The van der Waals surface area contributed by atoms with Crippen LogP contribution < -0.4 is 5.32 Å². The van der Waals surface area contributed by atoms with E-state index in [-0.39, 0.29) is 45.8 Å². The molecule has 0 spiro atoms. The summed E-state index contributed by atoms with van der Waals surface area (Å²) in [6.07, 6.45) is -0.894. The standard InChI is InChI=1S/C13H20N4O8/c14-17-15-4-6-25-8-7-24-5-3-10(18)16-9(1-2-11(19)20)12(21)13(22)23/h9H,1-8H2,(H,16,18)(H,19,20)(H,22,23)/t9-/m0/s1. The van der Waals surface area contributed by atoms with Crippen molar-refractivity contribution >= 4 is 23.6 Å². The van der Waals surface area contributed by atoms with Crippen molar-refractivity contribution in [1.29, 1.82) is 0 Å². The molecule has 0 aromatic rings. The fourth-order valence-corrected chi connectivity index (χ4v) is 1.59. The van der Waals surface area contributed by atoms with Crippen molar-refractivity contribution in [3.05, 3.63) is 10.4 Å². The maximum Gasteiger partial charge on any atom is 0.374 e. The molecule has 140 valence electrons. The number of hydrogen-bond acceptors (Lipinski definition) is 7. The molecule has 0 aliphatic heterocycles. The van der Waals surface area contributed by atoms with Gasteiger partial charge in [0.25, 0.3) is 5.78 Å². The van der Waals surface area contributed by atoms with E-state index in [2.05, 4.69) is 15.3 Å². The van der Waals surface area contributed by atoms with Crippen molar-refractivity contribution in [2.24, 2.45) is 5.11 Å². The van der Waals surface area contributed by atoms with E-state index >= 15 is 0 Å². The van der Waals surface area contributed by atoms with Crippen molar-refractivity contribution < 1.29 is 38.9 Å². The molecule has 0 aliphatic carbocycles. The van der Waals surface area contributed by atoms with E-state index in [0.29, 0.717) is 0 Å². The Labute approximate surface area is 142 Å². The highest BCUT2D eigenvalue weighted by molar-refractivity contribution is 6.35. The number of carboxylic acids is 2. The smallest absolute Gasteiger partial charge is 0.374 e. The van der Waals surface area contributed by atoms with Crippen LogP contribution in [0, 0.1) is 0 Å². The van der Waals surface area contributed by atoms with Gasteiger partial charge in [-0.2, -0.15) is 0 Å². The highest BCUT2D eigenvalue weighted by atomic mass is 16.5. The zero-order valence-electron chi connectivity index (χ0n) is 13.4. The van der Waals surface area contributed by atoms with E-state index in [0.717, 1.165) is 0 Å². The van der Waals surface area contributed by atoms with Crippen LogP contribution in [0.3, 0.4) is 0 Å². The maximum absolute atomic E-state index is 11.7. The zero-order valence-corrected chi connectivity index (χ0v) is 13.4. The average Bonchev–Trinajstić information content (AvgIpc) is 2.56. The number of hydrogen-bond donors (Lipinski definition) is 3. The van der Waals surface area contributed by atoms with Crippen LogP contribution in [-0.4, -0.2) is 72.9 Å².